The zero-order valence-electron chi connectivity index (χ0n) is 4.43. The highest BCUT2D eigenvalue weighted by atomic mass is 79.9. The number of hydrogen-bond donors (Lipinski definition) is 0. The van der Waals surface area contributed by atoms with Crippen molar-refractivity contribution in [2.75, 3.05) is 5.21 Å². The molecule has 0 aliphatic carbocycles. The van der Waals surface area contributed by atoms with Gasteiger partial charge < -0.3 is 0 Å². The van der Waals surface area contributed by atoms with Gasteiger partial charge in [-0.3, -0.25) is 0 Å². The second-order valence-electron chi connectivity index (χ2n) is 1.31. The topological polar surface area (TPSA) is 0 Å². The summed E-state index contributed by atoms with van der Waals surface area (Å²) in [5.41, 5.74) is 0. The molecule has 0 fully saturated rings. The van der Waals surface area contributed by atoms with Gasteiger partial charge in [0.15, 0.2) is 0 Å². The third-order valence-electron chi connectivity index (χ3n) is 0.770. The van der Waals surface area contributed by atoms with Crippen LogP contribution >= 0.6 is 50.6 Å². The molecule has 1 aromatic rings. The van der Waals surface area contributed by atoms with Crippen molar-refractivity contribution >= 4 is 50.6 Å². The zero-order chi connectivity index (χ0) is 6.69. The van der Waals surface area contributed by atoms with E-state index in [1.54, 1.807) is 23.1 Å². The van der Waals surface area contributed by atoms with Crippen LogP contribution in [-0.2, 0) is 0 Å². The molecule has 0 saturated carbocycles. The Morgan fingerprint density at radius 3 is 3.00 bits per heavy atom. The average molecular weight is 244 g/mol. The molecule has 1 aromatic heterocycles. The monoisotopic (exact) mass is 242 g/mol. The third kappa shape index (κ3) is 2.15. The third-order valence-corrected chi connectivity index (χ3v) is 4.22. The van der Waals surface area contributed by atoms with Gasteiger partial charge in [0.2, 0.25) is 0 Å². The van der Waals surface area contributed by atoms with Crippen LogP contribution < -0.4 is 0 Å². The van der Waals surface area contributed by atoms with Gasteiger partial charge in [-0.2, -0.15) is 0 Å². The summed E-state index contributed by atoms with van der Waals surface area (Å²) in [4.78, 5) is 0. The largest absolute Gasteiger partial charge is 0.136 e. The van der Waals surface area contributed by atoms with Crippen LogP contribution in [-0.4, -0.2) is 5.21 Å². The van der Waals surface area contributed by atoms with Crippen molar-refractivity contribution in [2.45, 2.75) is 4.21 Å². The van der Waals surface area contributed by atoms with Gasteiger partial charge in [-0.15, -0.1) is 22.9 Å². The van der Waals surface area contributed by atoms with Gasteiger partial charge in [0, 0.05) is 4.47 Å². The summed E-state index contributed by atoms with van der Waals surface area (Å²) < 4.78 is 2.41. The molecule has 0 radical (unpaired) electrons. The predicted octanol–water partition coefficient (Wildman–Crippen LogP) is 3.80. The second-order valence-corrected chi connectivity index (χ2v) is 4.91. The maximum atomic E-state index is 5.51. The molecule has 0 atom stereocenters. The van der Waals surface area contributed by atoms with Crippen LogP contribution in [0.15, 0.2) is 20.1 Å². The van der Waals surface area contributed by atoms with Crippen LogP contribution in [0.3, 0.4) is 0 Å². The summed E-state index contributed by atoms with van der Waals surface area (Å²) in [6.07, 6.45) is 0. The molecule has 0 saturated heterocycles. The van der Waals surface area contributed by atoms with Crippen LogP contribution in [0.4, 0.5) is 0 Å². The van der Waals surface area contributed by atoms with E-state index < -0.39 is 0 Å². The molecule has 0 aromatic carbocycles. The van der Waals surface area contributed by atoms with E-state index in [0.717, 1.165) is 4.47 Å². The lowest BCUT2D eigenvalue weighted by molar-refractivity contribution is 1.64. The Kier molecular flexibility index (Phi) is 3.40. The van der Waals surface area contributed by atoms with Gasteiger partial charge >= 0.3 is 0 Å². The first-order chi connectivity index (χ1) is 4.34. The van der Waals surface area contributed by atoms with Crippen molar-refractivity contribution in [1.82, 2.24) is 0 Å². The normalized spacial score (nSPS) is 10.0. The number of alkyl halides is 1. The Bertz CT molecular complexity index is 187. The molecule has 0 aliphatic rings. The van der Waals surface area contributed by atoms with Crippen molar-refractivity contribution in [3.05, 3.63) is 15.9 Å². The summed E-state index contributed by atoms with van der Waals surface area (Å²) in [6, 6.07) is 2.03. The minimum Gasteiger partial charge on any atom is -0.136 e. The Morgan fingerprint density at radius 2 is 2.56 bits per heavy atom. The van der Waals surface area contributed by atoms with Crippen LogP contribution in [0.25, 0.3) is 0 Å². The van der Waals surface area contributed by atoms with Gasteiger partial charge in [-0.25, -0.2) is 0 Å². The van der Waals surface area contributed by atoms with Gasteiger partial charge in [0.25, 0.3) is 0 Å². The first-order valence-electron chi connectivity index (χ1n) is 2.26. The summed E-state index contributed by atoms with van der Waals surface area (Å²) in [5.74, 6) is 0. The number of hydrogen-bond acceptors (Lipinski definition) is 2. The molecule has 0 N–H and O–H groups in total. The fourth-order valence-electron chi connectivity index (χ4n) is 0.432. The Labute approximate surface area is 75.7 Å². The number of halogens is 2. The summed E-state index contributed by atoms with van der Waals surface area (Å²) in [7, 11) is 0. The fourth-order valence-corrected chi connectivity index (χ4v) is 3.31. The quantitative estimate of drug-likeness (QED) is 0.562. The van der Waals surface area contributed by atoms with Crippen LogP contribution in [0.1, 0.15) is 0 Å². The molecule has 1 rings (SSSR count). The minimum atomic E-state index is 0.624. The standard InChI is InChI=1S/C5H4BrClS2/c6-4-1-2-8-5(4)9-3-7/h1-2H,3H2. The predicted molar refractivity (Wildman–Crippen MR) is 48.6 cm³/mol. The molecule has 0 bridgehead atoms. The highest BCUT2D eigenvalue weighted by molar-refractivity contribution is 9.10. The second kappa shape index (κ2) is 3.86. The number of rotatable bonds is 2. The van der Waals surface area contributed by atoms with Gasteiger partial charge in [0.1, 0.15) is 0 Å². The first kappa shape index (κ1) is 7.92. The fraction of sp³-hybridized carbons (Fsp3) is 0.200. The molecule has 0 aliphatic heterocycles. The van der Waals surface area contributed by atoms with E-state index in [0.29, 0.717) is 5.21 Å². The first-order valence-corrected chi connectivity index (χ1v) is 5.45. The van der Waals surface area contributed by atoms with E-state index in [2.05, 4.69) is 15.9 Å². The van der Waals surface area contributed by atoms with E-state index in [4.69, 9.17) is 11.6 Å². The lowest BCUT2D eigenvalue weighted by atomic mass is 10.7. The van der Waals surface area contributed by atoms with Gasteiger partial charge in [0.05, 0.1) is 9.42 Å². The number of thiophene rings is 1. The number of thioether (sulfide) groups is 1. The molecular formula is C5H4BrClS2. The zero-order valence-corrected chi connectivity index (χ0v) is 8.41. The summed E-state index contributed by atoms with van der Waals surface area (Å²) in [5, 5.41) is 2.66. The molecule has 50 valence electrons. The highest BCUT2D eigenvalue weighted by Crippen LogP contribution is 2.32. The molecule has 0 amide bonds. The van der Waals surface area contributed by atoms with E-state index in [-0.39, 0.29) is 0 Å². The van der Waals surface area contributed by atoms with Crippen LogP contribution in [0.2, 0.25) is 0 Å². The molecular weight excluding hydrogens is 240 g/mol. The van der Waals surface area contributed by atoms with Crippen molar-refractivity contribution in [3.8, 4) is 0 Å². The maximum Gasteiger partial charge on any atom is 0.0752 e. The molecule has 9 heavy (non-hydrogen) atoms. The Hall–Kier alpha value is 0.820. The molecule has 1 heterocycles. The van der Waals surface area contributed by atoms with Crippen molar-refractivity contribution in [1.29, 1.82) is 0 Å². The Balaban J connectivity index is 2.69. The summed E-state index contributed by atoms with van der Waals surface area (Å²) in [6.45, 7) is 0. The Morgan fingerprint density at radius 1 is 1.78 bits per heavy atom. The SMILES string of the molecule is ClCSc1sccc1Br. The van der Waals surface area contributed by atoms with E-state index in [1.165, 1.54) is 4.21 Å². The van der Waals surface area contributed by atoms with Gasteiger partial charge in [-0.1, -0.05) is 11.8 Å². The van der Waals surface area contributed by atoms with E-state index in [1.807, 2.05) is 11.4 Å². The van der Waals surface area contributed by atoms with Crippen LogP contribution in [0.5, 0.6) is 0 Å². The van der Waals surface area contributed by atoms with E-state index >= 15 is 0 Å². The van der Waals surface area contributed by atoms with Crippen LogP contribution in [0, 0.1) is 0 Å². The maximum absolute atomic E-state index is 5.51. The lowest BCUT2D eigenvalue weighted by Crippen LogP contribution is -1.60. The summed E-state index contributed by atoms with van der Waals surface area (Å²) >= 11 is 12.3. The molecule has 0 spiro atoms. The van der Waals surface area contributed by atoms with Crippen molar-refractivity contribution in [3.63, 3.8) is 0 Å². The highest BCUT2D eigenvalue weighted by Gasteiger charge is 1.98. The average Bonchev–Trinajstić information content (AvgIpc) is 2.18. The van der Waals surface area contributed by atoms with Crippen molar-refractivity contribution in [2.24, 2.45) is 0 Å². The smallest absolute Gasteiger partial charge is 0.0752 e. The van der Waals surface area contributed by atoms with Crippen molar-refractivity contribution < 1.29 is 0 Å². The molecule has 4 heteroatoms. The molecule has 0 unspecified atom stereocenters. The lowest BCUT2D eigenvalue weighted by Gasteiger charge is -1.89. The minimum absolute atomic E-state index is 0.624. The van der Waals surface area contributed by atoms with Gasteiger partial charge in [-0.05, 0) is 27.4 Å². The van der Waals surface area contributed by atoms with E-state index in [9.17, 15) is 0 Å². The molecule has 0 nitrogen and oxygen atoms in total.